The van der Waals surface area contributed by atoms with Crippen LogP contribution in [0.3, 0.4) is 0 Å². The van der Waals surface area contributed by atoms with Crippen LogP contribution in [0.4, 0.5) is 0 Å². The minimum Gasteiger partial charge on any atom is -0.507 e. The van der Waals surface area contributed by atoms with Crippen molar-refractivity contribution >= 4 is 48.5 Å². The van der Waals surface area contributed by atoms with Crippen LogP contribution in [0, 0.1) is 0 Å². The van der Waals surface area contributed by atoms with Crippen LogP contribution in [0.1, 0.15) is 66.8 Å². The molecule has 4 aliphatic heterocycles. The summed E-state index contributed by atoms with van der Waals surface area (Å²) in [6.45, 7) is 34.1. The maximum absolute atomic E-state index is 12.2. The third kappa shape index (κ3) is 30.8. The highest BCUT2D eigenvalue weighted by Crippen LogP contribution is 2.26. The second-order valence-electron chi connectivity index (χ2n) is 28.7. The van der Waals surface area contributed by atoms with Crippen LogP contribution in [-0.4, -0.2) is 239 Å². The highest BCUT2D eigenvalue weighted by Gasteiger charge is 2.24. The molecule has 0 aromatic heterocycles. The Labute approximate surface area is 683 Å². The number of phenols is 4. The zero-order valence-corrected chi connectivity index (χ0v) is 66.5. The Kier molecular flexibility index (Phi) is 37.3. The number of amides is 4. The molecule has 24 nitrogen and oxygen atoms in total. The molecule has 12 rings (SSSR count). The summed E-state index contributed by atoms with van der Waals surface area (Å²) in [5.74, 6) is 0.0535. The average Bonchev–Trinajstić information content (AvgIpc) is 0.863. The SMILES string of the molecule is C=CCc1cccc(/C=N/NC(=O)CN2CCN(Cc3ccccc3)CC2)c1O.C=CCc1cccc(/C=N/NC(=O)CN2CCN(Cc3ccccc3)CC2)c1O.C=CCc1cccc(/C=N/NC(=O)CN2CCN(Cc3ccccc3)CC2)c1O.C=CCc1cccc(/C=N/NC(=O)CN2CCN(Cc3ccccc3)CC2)c1O. The van der Waals surface area contributed by atoms with E-state index in [0.717, 1.165) is 153 Å². The zero-order valence-electron chi connectivity index (χ0n) is 66.5. The summed E-state index contributed by atoms with van der Waals surface area (Å²) in [5, 5.41) is 56.8. The van der Waals surface area contributed by atoms with Crippen molar-refractivity contribution in [3.05, 3.63) is 312 Å². The molecule has 0 spiro atoms. The molecule has 4 aliphatic rings. The molecule has 24 heteroatoms. The van der Waals surface area contributed by atoms with Crippen LogP contribution in [0.5, 0.6) is 23.0 Å². The van der Waals surface area contributed by atoms with Gasteiger partial charge in [-0.05, 0) is 94.5 Å². The van der Waals surface area contributed by atoms with E-state index in [-0.39, 0.29) is 46.6 Å². The number of nitrogens with one attached hydrogen (secondary N) is 4. The van der Waals surface area contributed by atoms with Gasteiger partial charge in [-0.2, -0.15) is 20.4 Å². The minimum atomic E-state index is -0.153. The van der Waals surface area contributed by atoms with Crippen LogP contribution in [0.25, 0.3) is 0 Å². The number of aromatic hydroxyl groups is 4. The Morgan fingerprint density at radius 3 is 0.629 bits per heavy atom. The minimum absolute atomic E-state index is 0.153. The van der Waals surface area contributed by atoms with E-state index in [2.05, 4.69) is 205 Å². The molecule has 4 saturated heterocycles. The number of carbonyl (C=O) groups is 4. The molecule has 8 aromatic carbocycles. The molecular weight excluding hydrogens is 1460 g/mol. The number of hydrazone groups is 4. The van der Waals surface area contributed by atoms with Crippen LogP contribution in [0.2, 0.25) is 0 Å². The quantitative estimate of drug-likeness (QED) is 0.0111. The predicted octanol–water partition coefficient (Wildman–Crippen LogP) is 9.55. The molecule has 0 bridgehead atoms. The van der Waals surface area contributed by atoms with Crippen molar-refractivity contribution in [2.45, 2.75) is 51.9 Å². The molecule has 0 saturated carbocycles. The Bertz CT molecular complexity index is 3940. The Morgan fingerprint density at radius 2 is 0.448 bits per heavy atom. The van der Waals surface area contributed by atoms with Crippen molar-refractivity contribution in [2.75, 3.05) is 131 Å². The molecular formula is C92H112N16O8. The van der Waals surface area contributed by atoms with Gasteiger partial charge in [0, 0.05) is 153 Å². The molecule has 8 aromatic rings. The lowest BCUT2D eigenvalue weighted by molar-refractivity contribution is -0.123. The largest absolute Gasteiger partial charge is 0.507 e. The molecule has 0 aliphatic carbocycles. The van der Waals surface area contributed by atoms with E-state index < -0.39 is 0 Å². The van der Waals surface area contributed by atoms with Gasteiger partial charge in [-0.15, -0.1) is 26.3 Å². The number of phenolic OH excluding ortho intramolecular Hbond substituents is 4. The van der Waals surface area contributed by atoms with Crippen LogP contribution >= 0.6 is 0 Å². The second-order valence-corrected chi connectivity index (χ2v) is 28.7. The fourth-order valence-corrected chi connectivity index (χ4v) is 13.6. The van der Waals surface area contributed by atoms with Crippen LogP contribution in [0.15, 0.2) is 265 Å². The van der Waals surface area contributed by atoms with Gasteiger partial charge in [0.1, 0.15) is 23.0 Å². The van der Waals surface area contributed by atoms with Crippen molar-refractivity contribution in [3.63, 3.8) is 0 Å². The van der Waals surface area contributed by atoms with Crippen molar-refractivity contribution in [3.8, 4) is 23.0 Å². The lowest BCUT2D eigenvalue weighted by Crippen LogP contribution is -2.48. The average molecular weight is 1570 g/mol. The van der Waals surface area contributed by atoms with Gasteiger partial charge in [-0.3, -0.25) is 58.4 Å². The van der Waals surface area contributed by atoms with Gasteiger partial charge >= 0.3 is 0 Å². The standard InChI is InChI=1S/4C23H28N4O2/c4*1-2-7-20-10-6-11-21(23(20)29)16-24-25-22(28)18-27-14-12-26(13-15-27)17-19-8-4-3-5-9-19/h4*2-6,8-11,16,29H,1,7,12-15,17-18H2,(H,25,28)/b4*24-16+. The highest BCUT2D eigenvalue weighted by molar-refractivity contribution is 5.89. The van der Waals surface area contributed by atoms with E-state index in [1.165, 1.54) is 47.1 Å². The monoisotopic (exact) mass is 1570 g/mol. The normalized spacial score (nSPS) is 15.4. The zero-order chi connectivity index (χ0) is 81.9. The molecule has 8 N–H and O–H groups in total. The fraction of sp³-hybridized carbons (Fsp3) is 0.304. The Balaban J connectivity index is 0.000000177. The van der Waals surface area contributed by atoms with Gasteiger partial charge < -0.3 is 20.4 Å². The van der Waals surface area contributed by atoms with Crippen molar-refractivity contribution in [1.29, 1.82) is 0 Å². The molecule has 0 radical (unpaired) electrons. The smallest absolute Gasteiger partial charge is 0.254 e. The van der Waals surface area contributed by atoms with Gasteiger partial charge in [-0.25, -0.2) is 21.7 Å². The number of hydrogen-bond acceptors (Lipinski definition) is 20. The highest BCUT2D eigenvalue weighted by atomic mass is 16.3. The molecule has 4 fully saturated rings. The third-order valence-electron chi connectivity index (χ3n) is 20.0. The van der Waals surface area contributed by atoms with Crippen molar-refractivity contribution in [2.24, 2.45) is 20.4 Å². The van der Waals surface area contributed by atoms with Crippen molar-refractivity contribution in [1.82, 2.24) is 60.9 Å². The van der Waals surface area contributed by atoms with E-state index in [4.69, 9.17) is 0 Å². The first-order valence-electron chi connectivity index (χ1n) is 39.5. The van der Waals surface area contributed by atoms with Gasteiger partial charge in [0.05, 0.1) is 51.0 Å². The summed E-state index contributed by atoms with van der Waals surface area (Å²) < 4.78 is 0. The molecule has 0 atom stereocenters. The molecule has 4 heterocycles. The van der Waals surface area contributed by atoms with E-state index >= 15 is 0 Å². The fourth-order valence-electron chi connectivity index (χ4n) is 13.6. The number of benzene rings is 8. The molecule has 4 amide bonds. The first-order valence-corrected chi connectivity index (χ1v) is 39.5. The van der Waals surface area contributed by atoms with Crippen LogP contribution in [-0.2, 0) is 71.0 Å². The Hall–Kier alpha value is -11.8. The van der Waals surface area contributed by atoms with Gasteiger partial charge in [-0.1, -0.05) is 194 Å². The summed E-state index contributed by atoms with van der Waals surface area (Å²) in [7, 11) is 0. The van der Waals surface area contributed by atoms with Gasteiger partial charge in [0.25, 0.3) is 23.6 Å². The van der Waals surface area contributed by atoms with E-state index in [0.29, 0.717) is 74.1 Å². The number of rotatable bonds is 32. The lowest BCUT2D eigenvalue weighted by Gasteiger charge is -2.34. The number of allylic oxidation sites excluding steroid dienone is 4. The maximum atomic E-state index is 12.2. The number of nitrogens with zero attached hydrogens (tertiary/aromatic N) is 12. The van der Waals surface area contributed by atoms with Gasteiger partial charge in [0.15, 0.2) is 0 Å². The third-order valence-corrected chi connectivity index (χ3v) is 20.0. The summed E-state index contributed by atoms with van der Waals surface area (Å²) in [6.07, 6.45) is 15.1. The van der Waals surface area contributed by atoms with Gasteiger partial charge in [0.2, 0.25) is 0 Å². The van der Waals surface area contributed by atoms with E-state index in [1.807, 2.05) is 72.8 Å². The lowest BCUT2D eigenvalue weighted by atomic mass is 10.1. The first-order chi connectivity index (χ1) is 56.6. The molecule has 116 heavy (non-hydrogen) atoms. The van der Waals surface area contributed by atoms with Crippen molar-refractivity contribution < 1.29 is 39.6 Å². The molecule has 608 valence electrons. The topological polar surface area (TPSA) is 273 Å². The first kappa shape index (κ1) is 88.1. The number of hydrogen-bond donors (Lipinski definition) is 8. The number of piperazine rings is 4. The Morgan fingerprint density at radius 1 is 0.267 bits per heavy atom. The maximum Gasteiger partial charge on any atom is 0.254 e. The summed E-state index contributed by atoms with van der Waals surface area (Å²) in [5.41, 5.74) is 20.9. The van der Waals surface area contributed by atoms with E-state index in [9.17, 15) is 39.6 Å². The van der Waals surface area contributed by atoms with E-state index in [1.54, 1.807) is 48.6 Å². The predicted molar refractivity (Wildman–Crippen MR) is 464 cm³/mol. The molecule has 0 unspecified atom stereocenters. The summed E-state index contributed by atoms with van der Waals surface area (Å²) in [6, 6.07) is 63.5. The van der Waals surface area contributed by atoms with Crippen LogP contribution < -0.4 is 21.7 Å². The summed E-state index contributed by atoms with van der Waals surface area (Å²) >= 11 is 0. The number of para-hydroxylation sites is 4. The number of carbonyl (C=O) groups excluding carboxylic acids is 4. The summed E-state index contributed by atoms with van der Waals surface area (Å²) in [4.78, 5) is 66.8. The second kappa shape index (κ2) is 49.0.